The van der Waals surface area contributed by atoms with Crippen LogP contribution in [-0.2, 0) is 22.7 Å². The number of nitrogens with two attached hydrogens (primary N) is 1. The van der Waals surface area contributed by atoms with Crippen molar-refractivity contribution < 1.29 is 8.42 Å². The van der Waals surface area contributed by atoms with E-state index in [0.29, 0.717) is 11.3 Å². The van der Waals surface area contributed by atoms with Gasteiger partial charge in [0.25, 0.3) is 0 Å². The first-order chi connectivity index (χ1) is 6.99. The Balaban J connectivity index is 2.38. The summed E-state index contributed by atoms with van der Waals surface area (Å²) in [5.41, 5.74) is 7.78. The van der Waals surface area contributed by atoms with Crippen LogP contribution in [0.25, 0.3) is 0 Å². The van der Waals surface area contributed by atoms with E-state index in [1.54, 1.807) is 6.07 Å². The van der Waals surface area contributed by atoms with Gasteiger partial charge < -0.3 is 5.73 Å². The van der Waals surface area contributed by atoms with E-state index in [2.05, 4.69) is 0 Å². The van der Waals surface area contributed by atoms with E-state index in [4.69, 9.17) is 5.73 Å². The van der Waals surface area contributed by atoms with Crippen LogP contribution in [0.1, 0.15) is 18.1 Å². The number of rotatable bonds is 2. The van der Waals surface area contributed by atoms with Crippen LogP contribution in [0, 0.1) is 0 Å². The van der Waals surface area contributed by atoms with Crippen LogP contribution in [0.15, 0.2) is 23.1 Å². The van der Waals surface area contributed by atoms with Crippen LogP contribution in [0.4, 0.5) is 0 Å². The maximum atomic E-state index is 11.6. The monoisotopic (exact) mass is 225 g/mol. The van der Waals surface area contributed by atoms with E-state index >= 15 is 0 Å². The maximum absolute atomic E-state index is 11.6. The second-order valence-electron chi connectivity index (χ2n) is 4.19. The molecule has 0 saturated carbocycles. The average molecular weight is 225 g/mol. The minimum Gasteiger partial charge on any atom is -0.328 e. The minimum absolute atomic E-state index is 0.112. The Morgan fingerprint density at radius 1 is 1.47 bits per heavy atom. The van der Waals surface area contributed by atoms with Gasteiger partial charge in [0, 0.05) is 6.04 Å². The molecule has 82 valence electrons. The number of benzene rings is 1. The van der Waals surface area contributed by atoms with E-state index in [1.165, 1.54) is 0 Å². The number of hydrogen-bond donors (Lipinski definition) is 1. The van der Waals surface area contributed by atoms with Gasteiger partial charge in [-0.15, -0.1) is 0 Å². The molecular formula is C11H15NO2S. The molecule has 0 aliphatic carbocycles. The zero-order valence-electron chi connectivity index (χ0n) is 8.73. The van der Waals surface area contributed by atoms with Crippen LogP contribution in [0.5, 0.6) is 0 Å². The van der Waals surface area contributed by atoms with Crippen molar-refractivity contribution in [2.75, 3.05) is 5.75 Å². The van der Waals surface area contributed by atoms with Gasteiger partial charge in [-0.05, 0) is 37.0 Å². The first kappa shape index (κ1) is 10.6. The number of aryl methyl sites for hydroxylation is 1. The fourth-order valence-electron chi connectivity index (χ4n) is 1.98. The number of sulfone groups is 1. The molecular weight excluding hydrogens is 210 g/mol. The van der Waals surface area contributed by atoms with Crippen LogP contribution in [-0.4, -0.2) is 20.2 Å². The highest BCUT2D eigenvalue weighted by Crippen LogP contribution is 2.26. The Labute approximate surface area is 90.2 Å². The lowest BCUT2D eigenvalue weighted by Crippen LogP contribution is -2.17. The molecule has 1 aromatic carbocycles. The largest absolute Gasteiger partial charge is 0.328 e. The molecule has 1 heterocycles. The van der Waals surface area contributed by atoms with Gasteiger partial charge >= 0.3 is 0 Å². The average Bonchev–Trinajstić information content (AvgIpc) is 2.41. The van der Waals surface area contributed by atoms with Gasteiger partial charge in [-0.2, -0.15) is 0 Å². The molecule has 0 amide bonds. The molecule has 0 spiro atoms. The van der Waals surface area contributed by atoms with E-state index < -0.39 is 9.84 Å². The third-order valence-corrected chi connectivity index (χ3v) is 4.47. The summed E-state index contributed by atoms with van der Waals surface area (Å²) in [4.78, 5) is 0.510. The van der Waals surface area contributed by atoms with E-state index in [1.807, 2.05) is 19.1 Å². The summed E-state index contributed by atoms with van der Waals surface area (Å²) >= 11 is 0. The molecule has 1 aliphatic rings. The highest BCUT2D eigenvalue weighted by atomic mass is 32.2. The lowest BCUT2D eigenvalue weighted by Gasteiger charge is -2.06. The van der Waals surface area contributed by atoms with Gasteiger partial charge in [0.2, 0.25) is 0 Å². The molecule has 3 nitrogen and oxygen atoms in total. The van der Waals surface area contributed by atoms with Crippen LogP contribution in [0.3, 0.4) is 0 Å². The molecule has 0 bridgehead atoms. The summed E-state index contributed by atoms with van der Waals surface area (Å²) in [6, 6.07) is 5.67. The maximum Gasteiger partial charge on any atom is 0.178 e. The minimum atomic E-state index is -2.98. The first-order valence-corrected chi connectivity index (χ1v) is 6.74. The number of hydrogen-bond acceptors (Lipinski definition) is 3. The van der Waals surface area contributed by atoms with Crippen molar-refractivity contribution in [3.63, 3.8) is 0 Å². The summed E-state index contributed by atoms with van der Waals surface area (Å²) in [5.74, 6) is 0.254. The third kappa shape index (κ3) is 2.06. The molecule has 1 unspecified atom stereocenters. The first-order valence-electron chi connectivity index (χ1n) is 5.09. The molecule has 2 rings (SSSR count). The lowest BCUT2D eigenvalue weighted by molar-refractivity contribution is 0.600. The molecule has 0 radical (unpaired) electrons. The van der Waals surface area contributed by atoms with Crippen molar-refractivity contribution >= 4 is 9.84 Å². The third-order valence-electron chi connectivity index (χ3n) is 2.66. The summed E-state index contributed by atoms with van der Waals surface area (Å²) in [7, 11) is -2.98. The molecule has 1 atom stereocenters. The molecule has 1 aliphatic heterocycles. The van der Waals surface area contributed by atoms with Crippen LogP contribution < -0.4 is 5.73 Å². The molecule has 4 heteroatoms. The van der Waals surface area contributed by atoms with Crippen molar-refractivity contribution in [3.05, 3.63) is 29.3 Å². The highest BCUT2D eigenvalue weighted by Gasteiger charge is 2.25. The normalized spacial score (nSPS) is 19.9. The van der Waals surface area contributed by atoms with Crippen molar-refractivity contribution in [1.29, 1.82) is 0 Å². The van der Waals surface area contributed by atoms with E-state index in [-0.39, 0.29) is 11.8 Å². The van der Waals surface area contributed by atoms with Crippen molar-refractivity contribution in [2.45, 2.75) is 30.7 Å². The molecule has 2 N–H and O–H groups in total. The summed E-state index contributed by atoms with van der Waals surface area (Å²) in [5, 5.41) is 0. The quantitative estimate of drug-likeness (QED) is 0.813. The predicted molar refractivity (Wildman–Crippen MR) is 59.6 cm³/mol. The van der Waals surface area contributed by atoms with Gasteiger partial charge in [0.15, 0.2) is 9.84 Å². The Bertz CT molecular complexity index is 477. The molecule has 0 aromatic heterocycles. The smallest absolute Gasteiger partial charge is 0.178 e. The Morgan fingerprint density at radius 2 is 2.20 bits per heavy atom. The topological polar surface area (TPSA) is 60.2 Å². The predicted octanol–water partition coefficient (Wildman–Crippen LogP) is 0.906. The van der Waals surface area contributed by atoms with E-state index in [0.717, 1.165) is 17.5 Å². The zero-order valence-corrected chi connectivity index (χ0v) is 9.55. The van der Waals surface area contributed by atoms with Gasteiger partial charge in [-0.25, -0.2) is 8.42 Å². The van der Waals surface area contributed by atoms with Gasteiger partial charge in [0.05, 0.1) is 10.6 Å². The Kier molecular flexibility index (Phi) is 2.56. The fraction of sp³-hybridized carbons (Fsp3) is 0.455. The van der Waals surface area contributed by atoms with Crippen LogP contribution in [0.2, 0.25) is 0 Å². The van der Waals surface area contributed by atoms with E-state index in [9.17, 15) is 8.42 Å². The lowest BCUT2D eigenvalue weighted by atomic mass is 10.0. The van der Waals surface area contributed by atoms with Gasteiger partial charge in [-0.3, -0.25) is 0 Å². The second-order valence-corrected chi connectivity index (χ2v) is 6.27. The Morgan fingerprint density at radius 3 is 2.87 bits per heavy atom. The van der Waals surface area contributed by atoms with Crippen LogP contribution >= 0.6 is 0 Å². The number of fused-ring (bicyclic) bond motifs is 1. The Hall–Kier alpha value is -0.870. The molecule has 15 heavy (non-hydrogen) atoms. The van der Waals surface area contributed by atoms with Crippen molar-refractivity contribution in [1.82, 2.24) is 0 Å². The summed E-state index contributed by atoms with van der Waals surface area (Å²) < 4.78 is 23.1. The highest BCUT2D eigenvalue weighted by molar-refractivity contribution is 7.91. The van der Waals surface area contributed by atoms with Crippen molar-refractivity contribution in [2.24, 2.45) is 5.73 Å². The fourth-order valence-corrected chi connectivity index (χ4v) is 3.53. The SMILES string of the molecule is CC(N)Cc1ccc2c(c1)CCS2(=O)=O. The summed E-state index contributed by atoms with van der Waals surface area (Å²) in [6.45, 7) is 1.95. The second kappa shape index (κ2) is 3.61. The summed E-state index contributed by atoms with van der Waals surface area (Å²) in [6.07, 6.45) is 1.44. The molecule has 0 saturated heterocycles. The van der Waals surface area contributed by atoms with Crippen molar-refractivity contribution in [3.8, 4) is 0 Å². The van der Waals surface area contributed by atoms with Gasteiger partial charge in [0.1, 0.15) is 0 Å². The molecule has 0 fully saturated rings. The molecule has 1 aromatic rings. The standard InChI is InChI=1S/C11H15NO2S/c1-8(12)6-9-2-3-11-10(7-9)4-5-15(11,13)14/h2-3,7-8H,4-6,12H2,1H3. The zero-order chi connectivity index (χ0) is 11.1. The van der Waals surface area contributed by atoms with Gasteiger partial charge in [-0.1, -0.05) is 12.1 Å².